The van der Waals surface area contributed by atoms with Crippen molar-refractivity contribution in [3.63, 3.8) is 0 Å². The molecule has 12 heteroatoms. The minimum atomic E-state index is -0.963. The molecular formula is C37H30N2O10. The number of ether oxygens (including phenoxy) is 2. The van der Waals surface area contributed by atoms with Crippen molar-refractivity contribution in [1.82, 2.24) is 0 Å². The smallest absolute Gasteiger partial charge is 0.351 e. The van der Waals surface area contributed by atoms with Gasteiger partial charge in [-0.25, -0.2) is 9.59 Å². The third kappa shape index (κ3) is 6.79. The quantitative estimate of drug-likeness (QED) is 0.0956. The van der Waals surface area contributed by atoms with E-state index in [4.69, 9.17) is 18.3 Å². The second-order valence-corrected chi connectivity index (χ2v) is 11.1. The predicted octanol–water partition coefficient (Wildman–Crippen LogP) is 5.51. The first kappa shape index (κ1) is 32.4. The number of hydrogen-bond donors (Lipinski definition) is 4. The minimum absolute atomic E-state index is 0.0928. The van der Waals surface area contributed by atoms with Gasteiger partial charge in [0.05, 0.1) is 38.1 Å². The summed E-state index contributed by atoms with van der Waals surface area (Å²) in [7, 11) is 3.08. The summed E-state index contributed by atoms with van der Waals surface area (Å²) < 4.78 is 21.0. The number of fused-ring (bicyclic) bond motifs is 2. The number of carbonyl (C=O) groups excluding carboxylic acids is 2. The largest absolute Gasteiger partial charge is 0.506 e. The molecule has 4 aromatic carbocycles. The second kappa shape index (κ2) is 13.7. The Bertz CT molecular complexity index is 2160. The molecule has 2 heterocycles. The van der Waals surface area contributed by atoms with Crippen molar-refractivity contribution in [3.05, 3.63) is 128 Å². The van der Waals surface area contributed by atoms with Crippen molar-refractivity contribution in [2.75, 3.05) is 37.9 Å². The maximum Gasteiger partial charge on any atom is 0.351 e. The Morgan fingerprint density at radius 3 is 1.37 bits per heavy atom. The van der Waals surface area contributed by atoms with E-state index in [9.17, 15) is 29.4 Å². The van der Waals surface area contributed by atoms with Gasteiger partial charge in [0.1, 0.15) is 45.3 Å². The molecule has 0 aliphatic heterocycles. The van der Waals surface area contributed by atoms with Gasteiger partial charge in [-0.15, -0.1) is 0 Å². The maximum absolute atomic E-state index is 13.0. The molecule has 6 aromatic rings. The summed E-state index contributed by atoms with van der Waals surface area (Å²) in [6.07, 6.45) is 0.271. The van der Waals surface area contributed by atoms with Gasteiger partial charge >= 0.3 is 11.3 Å². The van der Waals surface area contributed by atoms with Crippen molar-refractivity contribution >= 4 is 44.9 Å². The van der Waals surface area contributed by atoms with E-state index in [0.717, 1.165) is 0 Å². The molecule has 12 nitrogen and oxygen atoms in total. The summed E-state index contributed by atoms with van der Waals surface area (Å²) in [5.41, 5.74) is -0.126. The zero-order valence-electron chi connectivity index (χ0n) is 26.4. The molecule has 6 rings (SSSR count). The predicted molar refractivity (Wildman–Crippen MR) is 183 cm³/mol. The fourth-order valence-electron chi connectivity index (χ4n) is 5.37. The van der Waals surface area contributed by atoms with Crippen molar-refractivity contribution < 1.29 is 38.1 Å². The van der Waals surface area contributed by atoms with Crippen molar-refractivity contribution in [3.8, 4) is 23.0 Å². The van der Waals surface area contributed by atoms with E-state index in [1.165, 1.54) is 26.4 Å². The highest BCUT2D eigenvalue weighted by molar-refractivity contribution is 6.05. The first-order valence-electron chi connectivity index (χ1n) is 15.0. The zero-order valence-corrected chi connectivity index (χ0v) is 26.4. The number of nitrogens with one attached hydrogen (secondary N) is 2. The number of carbonyl (C=O) groups is 2. The van der Waals surface area contributed by atoms with Crippen LogP contribution < -0.4 is 31.4 Å². The van der Waals surface area contributed by atoms with Gasteiger partial charge in [0.25, 0.3) is 0 Å². The van der Waals surface area contributed by atoms with Crippen LogP contribution in [-0.2, 0) is 6.42 Å². The van der Waals surface area contributed by atoms with Crippen molar-refractivity contribution in [2.24, 2.45) is 0 Å². The molecule has 0 unspecified atom stereocenters. The van der Waals surface area contributed by atoms with E-state index < -0.39 is 45.4 Å². The molecule has 2 aromatic heterocycles. The van der Waals surface area contributed by atoms with Gasteiger partial charge in [-0.3, -0.25) is 9.59 Å². The van der Waals surface area contributed by atoms with Gasteiger partial charge in [0, 0.05) is 11.4 Å². The Kier molecular flexibility index (Phi) is 9.03. The van der Waals surface area contributed by atoms with Gasteiger partial charge in [-0.05, 0) is 90.3 Å². The summed E-state index contributed by atoms with van der Waals surface area (Å²) in [5, 5.41) is 28.2. The molecule has 0 aliphatic rings. The van der Waals surface area contributed by atoms with Crippen LogP contribution in [0.15, 0.2) is 103 Å². The molecule has 49 heavy (non-hydrogen) atoms. The SMILES string of the molecule is COc1ccc(NCC(=O)c2c(O)c3cc(Cc4ccc5oc(=O)c(C(=O)CNc6ccc(OC)cc6)c(O)c5c4)ccc3oc2=O)cc1. The molecule has 4 N–H and O–H groups in total. The van der Waals surface area contributed by atoms with Gasteiger partial charge in [0.2, 0.25) is 0 Å². The molecular weight excluding hydrogens is 632 g/mol. The van der Waals surface area contributed by atoms with Crippen LogP contribution in [0.25, 0.3) is 21.9 Å². The van der Waals surface area contributed by atoms with Crippen LogP contribution in [-0.4, -0.2) is 49.1 Å². The van der Waals surface area contributed by atoms with Crippen LogP contribution in [0.1, 0.15) is 31.8 Å². The number of benzene rings is 4. The third-order valence-corrected chi connectivity index (χ3v) is 7.94. The van der Waals surface area contributed by atoms with Crippen molar-refractivity contribution in [2.45, 2.75) is 6.42 Å². The zero-order chi connectivity index (χ0) is 34.7. The minimum Gasteiger partial charge on any atom is -0.506 e. The lowest BCUT2D eigenvalue weighted by atomic mass is 9.99. The van der Waals surface area contributed by atoms with Gasteiger partial charge < -0.3 is 39.2 Å². The Balaban J connectivity index is 1.23. The van der Waals surface area contributed by atoms with E-state index in [-0.39, 0.29) is 41.4 Å². The third-order valence-electron chi connectivity index (χ3n) is 7.94. The first-order chi connectivity index (χ1) is 23.6. The van der Waals surface area contributed by atoms with E-state index in [1.54, 1.807) is 72.8 Å². The van der Waals surface area contributed by atoms with Crippen LogP contribution in [0.4, 0.5) is 11.4 Å². The van der Waals surface area contributed by atoms with E-state index in [1.807, 2.05) is 0 Å². The molecule has 0 spiro atoms. The maximum atomic E-state index is 13.0. The molecule has 0 saturated carbocycles. The summed E-state index contributed by atoms with van der Waals surface area (Å²) in [6.45, 7) is -0.539. The lowest BCUT2D eigenvalue weighted by Crippen LogP contribution is -2.21. The fraction of sp³-hybridized carbons (Fsp3) is 0.135. The highest BCUT2D eigenvalue weighted by atomic mass is 16.5. The second-order valence-electron chi connectivity index (χ2n) is 11.1. The monoisotopic (exact) mass is 662 g/mol. The lowest BCUT2D eigenvalue weighted by Gasteiger charge is -2.11. The lowest BCUT2D eigenvalue weighted by molar-refractivity contribution is 0.0991. The number of ketones is 2. The molecule has 0 aliphatic carbocycles. The molecule has 248 valence electrons. The fourth-order valence-corrected chi connectivity index (χ4v) is 5.37. The molecule has 0 saturated heterocycles. The molecule has 0 fully saturated rings. The Morgan fingerprint density at radius 1 is 0.612 bits per heavy atom. The van der Waals surface area contributed by atoms with Crippen LogP contribution in [0.5, 0.6) is 23.0 Å². The van der Waals surface area contributed by atoms with Crippen LogP contribution in [0.2, 0.25) is 0 Å². The summed E-state index contributed by atoms with van der Waals surface area (Å²) >= 11 is 0. The normalized spacial score (nSPS) is 11.0. The van der Waals surface area contributed by atoms with Crippen molar-refractivity contribution in [1.29, 1.82) is 0 Å². The average Bonchev–Trinajstić information content (AvgIpc) is 3.11. The number of methoxy groups -OCH3 is 2. The number of anilines is 2. The first-order valence-corrected chi connectivity index (χ1v) is 15.0. The van der Waals surface area contributed by atoms with Crippen LogP contribution in [0.3, 0.4) is 0 Å². The van der Waals surface area contributed by atoms with Gasteiger partial charge in [0.15, 0.2) is 11.6 Å². The Hall–Kier alpha value is -6.56. The molecule has 0 bridgehead atoms. The summed E-state index contributed by atoms with van der Waals surface area (Å²) in [4.78, 5) is 51.4. The number of rotatable bonds is 12. The van der Waals surface area contributed by atoms with Gasteiger partial charge in [-0.2, -0.15) is 0 Å². The number of aromatic hydroxyl groups is 2. The van der Waals surface area contributed by atoms with Crippen LogP contribution in [0, 0.1) is 0 Å². The average molecular weight is 663 g/mol. The van der Waals surface area contributed by atoms with E-state index in [2.05, 4.69) is 10.6 Å². The number of Topliss-reactive ketones (excluding diaryl/α,β-unsaturated/α-hetero) is 2. The van der Waals surface area contributed by atoms with Gasteiger partial charge in [-0.1, -0.05) is 12.1 Å². The highest BCUT2D eigenvalue weighted by Gasteiger charge is 2.23. The Labute approximate surface area is 278 Å². The molecule has 0 atom stereocenters. The highest BCUT2D eigenvalue weighted by Crippen LogP contribution is 2.31. The standard InChI is InChI=1S/C37H30N2O10/c1-46-24-9-5-22(6-10-24)38-18-28(40)32-34(42)26-16-20(3-13-30(26)48-36(32)44)15-21-4-14-31-27(17-21)35(43)33(37(45)49-31)29(41)19-39-23-7-11-25(47-2)12-8-23/h3-14,16-17,38-39,42-43H,15,18-19H2,1-2H3. The summed E-state index contributed by atoms with van der Waals surface area (Å²) in [5.74, 6) is -1.04. The Morgan fingerprint density at radius 2 is 1.00 bits per heavy atom. The number of hydrogen-bond acceptors (Lipinski definition) is 12. The molecule has 0 radical (unpaired) electrons. The van der Waals surface area contributed by atoms with Crippen LogP contribution >= 0.6 is 0 Å². The van der Waals surface area contributed by atoms with E-state index in [0.29, 0.717) is 34.0 Å². The topological polar surface area (TPSA) is 178 Å². The summed E-state index contributed by atoms with van der Waals surface area (Å²) in [6, 6.07) is 23.3. The molecule has 0 amide bonds. The van der Waals surface area contributed by atoms with E-state index >= 15 is 0 Å².